The van der Waals surface area contributed by atoms with Crippen molar-refractivity contribution in [2.45, 2.75) is 5.88 Å². The molecule has 0 amide bonds. The number of hydrogen-bond acceptors (Lipinski definition) is 2. The molecule has 0 aliphatic rings. The molecule has 3 rings (SSSR count). The molecule has 0 unspecified atom stereocenters. The van der Waals surface area contributed by atoms with E-state index in [0.717, 1.165) is 5.52 Å². The number of aromatic nitrogens is 4. The van der Waals surface area contributed by atoms with Crippen LogP contribution >= 0.6 is 27.5 Å². The van der Waals surface area contributed by atoms with Crippen LogP contribution in [0.5, 0.6) is 0 Å². The Morgan fingerprint density at radius 3 is 2.84 bits per heavy atom. The minimum absolute atomic E-state index is 0.227. The molecule has 0 spiro atoms. The standard InChI is InChI=1S/C12H9BrClFN4/c1-18-3-2-11(17-18)19-10-4-7(13)8(15)5-9(10)16-12(19)6-14/h2-5H,6H2,1H3. The molecule has 0 radical (unpaired) electrons. The Balaban J connectivity index is 2.35. The highest BCUT2D eigenvalue weighted by molar-refractivity contribution is 9.10. The summed E-state index contributed by atoms with van der Waals surface area (Å²) in [6.45, 7) is 0. The van der Waals surface area contributed by atoms with Gasteiger partial charge in [0, 0.05) is 25.4 Å². The number of hydrogen-bond donors (Lipinski definition) is 0. The first-order valence-corrected chi connectivity index (χ1v) is 6.85. The Morgan fingerprint density at radius 1 is 1.42 bits per heavy atom. The zero-order valence-electron chi connectivity index (χ0n) is 9.94. The lowest BCUT2D eigenvalue weighted by Gasteiger charge is -2.04. The van der Waals surface area contributed by atoms with E-state index in [-0.39, 0.29) is 11.7 Å². The third-order valence-electron chi connectivity index (χ3n) is 2.81. The van der Waals surface area contributed by atoms with Gasteiger partial charge in [-0.05, 0) is 22.0 Å². The maximum Gasteiger partial charge on any atom is 0.160 e. The maximum atomic E-state index is 13.6. The molecule has 7 heteroatoms. The van der Waals surface area contributed by atoms with Crippen LogP contribution in [0.25, 0.3) is 16.9 Å². The molecule has 0 fully saturated rings. The first kappa shape index (κ1) is 12.6. The Bertz CT molecular complexity index is 765. The summed E-state index contributed by atoms with van der Waals surface area (Å²) in [5, 5.41) is 4.34. The second-order valence-corrected chi connectivity index (χ2v) is 5.22. The van der Waals surface area contributed by atoms with Crippen molar-refractivity contribution < 1.29 is 4.39 Å². The van der Waals surface area contributed by atoms with E-state index < -0.39 is 0 Å². The van der Waals surface area contributed by atoms with Crippen LogP contribution in [-0.2, 0) is 12.9 Å². The molecular weight excluding hydrogens is 335 g/mol. The number of imidazole rings is 1. The molecule has 0 N–H and O–H groups in total. The van der Waals surface area contributed by atoms with Gasteiger partial charge in [-0.1, -0.05) is 0 Å². The van der Waals surface area contributed by atoms with Crippen molar-refractivity contribution >= 4 is 38.6 Å². The largest absolute Gasteiger partial charge is 0.278 e. The van der Waals surface area contributed by atoms with Crippen molar-refractivity contribution in [3.8, 4) is 5.82 Å². The third kappa shape index (κ3) is 2.04. The molecule has 98 valence electrons. The van der Waals surface area contributed by atoms with Gasteiger partial charge >= 0.3 is 0 Å². The molecule has 0 aliphatic carbocycles. The van der Waals surface area contributed by atoms with Gasteiger partial charge in [0.15, 0.2) is 5.82 Å². The van der Waals surface area contributed by atoms with Gasteiger partial charge in [-0.2, -0.15) is 5.10 Å². The van der Waals surface area contributed by atoms with Crippen molar-refractivity contribution in [2.75, 3.05) is 0 Å². The fraction of sp³-hybridized carbons (Fsp3) is 0.167. The number of halogens is 3. The van der Waals surface area contributed by atoms with Gasteiger partial charge in [0.25, 0.3) is 0 Å². The van der Waals surface area contributed by atoms with Gasteiger partial charge in [0.2, 0.25) is 0 Å². The summed E-state index contributed by atoms with van der Waals surface area (Å²) >= 11 is 9.10. The van der Waals surface area contributed by atoms with E-state index in [1.807, 2.05) is 23.9 Å². The van der Waals surface area contributed by atoms with Gasteiger partial charge in [-0.25, -0.2) is 9.37 Å². The highest BCUT2D eigenvalue weighted by Crippen LogP contribution is 2.27. The van der Waals surface area contributed by atoms with E-state index >= 15 is 0 Å². The van der Waals surface area contributed by atoms with Crippen LogP contribution in [0.2, 0.25) is 0 Å². The summed E-state index contributed by atoms with van der Waals surface area (Å²) < 4.78 is 17.5. The van der Waals surface area contributed by atoms with E-state index in [1.165, 1.54) is 6.07 Å². The second kappa shape index (κ2) is 4.61. The van der Waals surface area contributed by atoms with Gasteiger partial charge < -0.3 is 0 Å². The summed E-state index contributed by atoms with van der Waals surface area (Å²) in [5.41, 5.74) is 1.32. The minimum atomic E-state index is -0.348. The quantitative estimate of drug-likeness (QED) is 0.669. The highest BCUT2D eigenvalue weighted by Gasteiger charge is 2.15. The van der Waals surface area contributed by atoms with Crippen LogP contribution in [0.15, 0.2) is 28.9 Å². The van der Waals surface area contributed by atoms with E-state index in [9.17, 15) is 4.39 Å². The second-order valence-electron chi connectivity index (χ2n) is 4.10. The summed E-state index contributed by atoms with van der Waals surface area (Å²) in [7, 11) is 1.83. The van der Waals surface area contributed by atoms with Crippen molar-refractivity contribution in [3.63, 3.8) is 0 Å². The van der Waals surface area contributed by atoms with Gasteiger partial charge in [-0.15, -0.1) is 11.6 Å². The summed E-state index contributed by atoms with van der Waals surface area (Å²) in [6, 6.07) is 4.92. The number of nitrogens with zero attached hydrogens (tertiary/aromatic N) is 4. The monoisotopic (exact) mass is 342 g/mol. The summed E-state index contributed by atoms with van der Waals surface area (Å²) in [6.07, 6.45) is 1.83. The Morgan fingerprint density at radius 2 is 2.21 bits per heavy atom. The summed E-state index contributed by atoms with van der Waals surface area (Å²) in [4.78, 5) is 4.34. The number of rotatable bonds is 2. The van der Waals surface area contributed by atoms with Crippen molar-refractivity contribution in [3.05, 3.63) is 40.5 Å². The van der Waals surface area contributed by atoms with Crippen molar-refractivity contribution in [1.29, 1.82) is 0 Å². The van der Waals surface area contributed by atoms with Gasteiger partial charge in [0.1, 0.15) is 11.6 Å². The molecule has 0 saturated carbocycles. The molecule has 0 bridgehead atoms. The Kier molecular flexibility index (Phi) is 3.06. The first-order valence-electron chi connectivity index (χ1n) is 5.52. The topological polar surface area (TPSA) is 35.6 Å². The fourth-order valence-corrected chi connectivity index (χ4v) is 2.50. The normalized spacial score (nSPS) is 11.4. The van der Waals surface area contributed by atoms with Gasteiger partial charge in [-0.3, -0.25) is 9.25 Å². The molecule has 0 saturated heterocycles. The molecule has 0 atom stereocenters. The number of alkyl halides is 1. The van der Waals surface area contributed by atoms with Crippen LogP contribution in [-0.4, -0.2) is 19.3 Å². The lowest BCUT2D eigenvalue weighted by atomic mass is 10.3. The predicted octanol–water partition coefficient (Wildman–Crippen LogP) is 3.40. The highest BCUT2D eigenvalue weighted by atomic mass is 79.9. The molecule has 4 nitrogen and oxygen atoms in total. The van der Waals surface area contributed by atoms with Crippen LogP contribution in [0.1, 0.15) is 5.82 Å². The Labute approximate surface area is 121 Å². The lowest BCUT2D eigenvalue weighted by molar-refractivity contribution is 0.623. The molecule has 2 aromatic heterocycles. The zero-order chi connectivity index (χ0) is 13.6. The van der Waals surface area contributed by atoms with Crippen LogP contribution in [0.4, 0.5) is 4.39 Å². The van der Waals surface area contributed by atoms with E-state index in [4.69, 9.17) is 11.6 Å². The molecule has 19 heavy (non-hydrogen) atoms. The lowest BCUT2D eigenvalue weighted by Crippen LogP contribution is -2.01. The van der Waals surface area contributed by atoms with Crippen molar-refractivity contribution in [1.82, 2.24) is 19.3 Å². The van der Waals surface area contributed by atoms with Crippen LogP contribution in [0.3, 0.4) is 0 Å². The smallest absolute Gasteiger partial charge is 0.160 e. The number of fused-ring (bicyclic) bond motifs is 1. The van der Waals surface area contributed by atoms with E-state index in [2.05, 4.69) is 26.0 Å². The van der Waals surface area contributed by atoms with E-state index in [1.54, 1.807) is 10.7 Å². The fourth-order valence-electron chi connectivity index (χ4n) is 1.99. The summed E-state index contributed by atoms with van der Waals surface area (Å²) in [5.74, 6) is 1.22. The van der Waals surface area contributed by atoms with Crippen LogP contribution < -0.4 is 0 Å². The molecule has 0 aliphatic heterocycles. The van der Waals surface area contributed by atoms with Gasteiger partial charge in [0.05, 0.1) is 21.4 Å². The molecular formula is C12H9BrClFN4. The predicted molar refractivity (Wildman–Crippen MR) is 75.1 cm³/mol. The van der Waals surface area contributed by atoms with E-state index in [0.29, 0.717) is 21.6 Å². The SMILES string of the molecule is Cn1ccc(-n2c(CCl)nc3cc(F)c(Br)cc32)n1. The molecule has 3 aromatic rings. The van der Waals surface area contributed by atoms with Crippen molar-refractivity contribution in [2.24, 2.45) is 7.05 Å². The third-order valence-corrected chi connectivity index (χ3v) is 3.66. The van der Waals surface area contributed by atoms with Crippen LogP contribution in [0, 0.1) is 5.82 Å². The average molecular weight is 344 g/mol. The molecule has 2 heterocycles. The maximum absolute atomic E-state index is 13.6. The zero-order valence-corrected chi connectivity index (χ0v) is 12.3. The Hall–Kier alpha value is -1.40. The number of benzene rings is 1. The number of aryl methyl sites for hydroxylation is 1. The minimum Gasteiger partial charge on any atom is -0.278 e. The average Bonchev–Trinajstić information content (AvgIpc) is 2.93. The first-order chi connectivity index (χ1) is 9.10. The molecule has 1 aromatic carbocycles.